The van der Waals surface area contributed by atoms with Gasteiger partial charge in [-0.15, -0.1) is 0 Å². The molecule has 1 aromatic rings. The highest BCUT2D eigenvalue weighted by atomic mass is 35.5. The van der Waals surface area contributed by atoms with Crippen LogP contribution in [0.25, 0.3) is 0 Å². The van der Waals surface area contributed by atoms with Crippen LogP contribution in [0.4, 0.5) is 5.69 Å². The quantitative estimate of drug-likeness (QED) is 0.778. The lowest BCUT2D eigenvalue weighted by Crippen LogP contribution is -2.42. The molecule has 1 aromatic carbocycles. The summed E-state index contributed by atoms with van der Waals surface area (Å²) in [4.78, 5) is 38.3. The Bertz CT molecular complexity index is 731. The van der Waals surface area contributed by atoms with Crippen LogP contribution in [0.3, 0.4) is 0 Å². The van der Waals surface area contributed by atoms with Crippen molar-refractivity contribution in [2.75, 3.05) is 11.4 Å². The summed E-state index contributed by atoms with van der Waals surface area (Å²) in [5.41, 5.74) is 0.777. The molecule has 2 fully saturated rings. The zero-order chi connectivity index (χ0) is 19.4. The third-order valence-electron chi connectivity index (χ3n) is 5.15. The van der Waals surface area contributed by atoms with E-state index in [4.69, 9.17) is 16.3 Å². The number of benzene rings is 1. The second kappa shape index (κ2) is 8.74. The van der Waals surface area contributed by atoms with Gasteiger partial charge in [-0.1, -0.05) is 30.9 Å². The van der Waals surface area contributed by atoms with E-state index < -0.39 is 12.1 Å². The maximum Gasteiger partial charge on any atom is 0.338 e. The summed E-state index contributed by atoms with van der Waals surface area (Å²) in [7, 11) is 0. The number of esters is 1. The summed E-state index contributed by atoms with van der Waals surface area (Å²) in [5, 5.41) is 3.36. The topological polar surface area (TPSA) is 75.7 Å². The van der Waals surface area contributed by atoms with Crippen molar-refractivity contribution in [2.45, 2.75) is 64.0 Å². The molecule has 1 saturated heterocycles. The minimum atomic E-state index is -0.882. The Hall–Kier alpha value is -2.08. The molecule has 2 aliphatic rings. The lowest BCUT2D eigenvalue weighted by atomic mass is 9.95. The fourth-order valence-corrected chi connectivity index (χ4v) is 3.82. The Morgan fingerprint density at radius 2 is 1.96 bits per heavy atom. The molecular weight excluding hydrogens is 368 g/mol. The predicted octanol–water partition coefficient (Wildman–Crippen LogP) is 3.46. The molecule has 1 aliphatic heterocycles. The lowest BCUT2D eigenvalue weighted by Gasteiger charge is -2.24. The van der Waals surface area contributed by atoms with Crippen LogP contribution in [0, 0.1) is 0 Å². The highest BCUT2D eigenvalue weighted by Crippen LogP contribution is 2.30. The third kappa shape index (κ3) is 4.80. The molecule has 6 nitrogen and oxygen atoms in total. The van der Waals surface area contributed by atoms with E-state index in [2.05, 4.69) is 5.32 Å². The molecule has 1 N–H and O–H groups in total. The average Bonchev–Trinajstić information content (AvgIpc) is 3.08. The van der Waals surface area contributed by atoms with Crippen LogP contribution in [-0.2, 0) is 14.3 Å². The van der Waals surface area contributed by atoms with Crippen LogP contribution in [0.2, 0.25) is 5.02 Å². The normalized spacial score (nSPS) is 19.0. The second-order valence-electron chi connectivity index (χ2n) is 7.21. The molecule has 0 bridgehead atoms. The number of hydrogen-bond acceptors (Lipinski definition) is 4. The van der Waals surface area contributed by atoms with Crippen molar-refractivity contribution in [1.82, 2.24) is 5.32 Å². The fourth-order valence-electron chi connectivity index (χ4n) is 3.60. The van der Waals surface area contributed by atoms with Crippen LogP contribution in [-0.4, -0.2) is 36.5 Å². The van der Waals surface area contributed by atoms with Crippen molar-refractivity contribution < 1.29 is 19.1 Å². The molecule has 146 valence electrons. The summed E-state index contributed by atoms with van der Waals surface area (Å²) in [6.45, 7) is 2.15. The van der Waals surface area contributed by atoms with Gasteiger partial charge in [0, 0.05) is 19.0 Å². The van der Waals surface area contributed by atoms with Crippen molar-refractivity contribution in [2.24, 2.45) is 0 Å². The summed E-state index contributed by atoms with van der Waals surface area (Å²) in [6.07, 6.45) is 5.73. The van der Waals surface area contributed by atoms with Gasteiger partial charge in [0.1, 0.15) is 0 Å². The van der Waals surface area contributed by atoms with Gasteiger partial charge >= 0.3 is 5.97 Å². The Balaban J connectivity index is 1.63. The first kappa shape index (κ1) is 19.7. The minimum absolute atomic E-state index is 0.0114. The molecule has 0 unspecified atom stereocenters. The largest absolute Gasteiger partial charge is 0.449 e. The van der Waals surface area contributed by atoms with Crippen molar-refractivity contribution in [3.63, 3.8) is 0 Å². The summed E-state index contributed by atoms with van der Waals surface area (Å²) >= 11 is 6.20. The van der Waals surface area contributed by atoms with Crippen LogP contribution >= 0.6 is 11.6 Å². The maximum atomic E-state index is 12.5. The molecule has 1 aliphatic carbocycles. The summed E-state index contributed by atoms with van der Waals surface area (Å²) in [6, 6.07) is 4.84. The molecule has 27 heavy (non-hydrogen) atoms. The first-order valence-corrected chi connectivity index (χ1v) is 9.95. The Kier molecular flexibility index (Phi) is 6.37. The Labute approximate surface area is 164 Å². The van der Waals surface area contributed by atoms with E-state index in [9.17, 15) is 14.4 Å². The SMILES string of the molecule is C[C@@H](OC(=O)c1ccc(Cl)c(N2CCCC2=O)c1)C(=O)NC1CCCCC1. The van der Waals surface area contributed by atoms with E-state index in [0.29, 0.717) is 23.7 Å². The average molecular weight is 393 g/mol. The van der Waals surface area contributed by atoms with Crippen molar-refractivity contribution in [1.29, 1.82) is 0 Å². The number of hydrogen-bond donors (Lipinski definition) is 1. The third-order valence-corrected chi connectivity index (χ3v) is 5.47. The maximum absolute atomic E-state index is 12.5. The van der Waals surface area contributed by atoms with Gasteiger partial charge in [0.25, 0.3) is 5.91 Å². The van der Waals surface area contributed by atoms with Crippen molar-refractivity contribution in [3.8, 4) is 0 Å². The first-order valence-electron chi connectivity index (χ1n) is 9.57. The Morgan fingerprint density at radius 1 is 1.22 bits per heavy atom. The van der Waals surface area contributed by atoms with Crippen LogP contribution in [0.1, 0.15) is 62.2 Å². The summed E-state index contributed by atoms with van der Waals surface area (Å²) < 4.78 is 5.33. The zero-order valence-electron chi connectivity index (χ0n) is 15.5. The van der Waals surface area contributed by atoms with Gasteiger partial charge in [-0.3, -0.25) is 9.59 Å². The van der Waals surface area contributed by atoms with E-state index in [1.165, 1.54) is 6.42 Å². The number of carbonyl (C=O) groups is 3. The number of anilines is 1. The van der Waals surface area contributed by atoms with Gasteiger partial charge in [-0.25, -0.2) is 4.79 Å². The molecule has 3 rings (SSSR count). The number of ether oxygens (including phenoxy) is 1. The van der Waals surface area contributed by atoms with Gasteiger partial charge in [0.15, 0.2) is 6.10 Å². The second-order valence-corrected chi connectivity index (χ2v) is 7.61. The van der Waals surface area contributed by atoms with E-state index >= 15 is 0 Å². The smallest absolute Gasteiger partial charge is 0.338 e. The molecule has 7 heteroatoms. The predicted molar refractivity (Wildman–Crippen MR) is 103 cm³/mol. The molecule has 0 radical (unpaired) electrons. The monoisotopic (exact) mass is 392 g/mol. The van der Waals surface area contributed by atoms with Gasteiger partial charge in [-0.05, 0) is 44.4 Å². The van der Waals surface area contributed by atoms with Gasteiger partial charge in [0.05, 0.1) is 16.3 Å². The first-order chi connectivity index (χ1) is 13.0. The highest BCUT2D eigenvalue weighted by Gasteiger charge is 2.26. The number of amides is 2. The van der Waals surface area contributed by atoms with Crippen LogP contribution in [0.5, 0.6) is 0 Å². The molecule has 2 amide bonds. The summed E-state index contributed by atoms with van der Waals surface area (Å²) in [5.74, 6) is -0.896. The zero-order valence-corrected chi connectivity index (χ0v) is 16.3. The fraction of sp³-hybridized carbons (Fsp3) is 0.550. The molecule has 0 aromatic heterocycles. The van der Waals surface area contributed by atoms with E-state index in [1.807, 2.05) is 0 Å². The van der Waals surface area contributed by atoms with E-state index in [-0.39, 0.29) is 23.4 Å². The van der Waals surface area contributed by atoms with Gasteiger partial charge in [0.2, 0.25) is 5.91 Å². The Morgan fingerprint density at radius 3 is 2.63 bits per heavy atom. The number of nitrogens with one attached hydrogen (secondary N) is 1. The number of rotatable bonds is 5. The molecule has 1 atom stereocenters. The molecule has 1 heterocycles. The number of halogens is 1. The molecular formula is C20H25ClN2O4. The van der Waals surface area contributed by atoms with Crippen molar-refractivity contribution >= 4 is 35.1 Å². The van der Waals surface area contributed by atoms with E-state index in [1.54, 1.807) is 30.0 Å². The molecule has 0 spiro atoms. The van der Waals surface area contributed by atoms with Gasteiger partial charge in [-0.2, -0.15) is 0 Å². The van der Waals surface area contributed by atoms with Crippen molar-refractivity contribution in [3.05, 3.63) is 28.8 Å². The highest BCUT2D eigenvalue weighted by molar-refractivity contribution is 6.34. The lowest BCUT2D eigenvalue weighted by molar-refractivity contribution is -0.130. The number of nitrogens with zero attached hydrogens (tertiary/aromatic N) is 1. The minimum Gasteiger partial charge on any atom is -0.449 e. The van der Waals surface area contributed by atoms with Gasteiger partial charge < -0.3 is 15.0 Å². The standard InChI is InChI=1S/C20H25ClN2O4/c1-13(19(25)22-15-6-3-2-4-7-15)27-20(26)14-9-10-16(21)17(12-14)23-11-5-8-18(23)24/h9-10,12-13,15H,2-8,11H2,1H3,(H,22,25)/t13-/m1/s1. The van der Waals surface area contributed by atoms with Crippen LogP contribution in [0.15, 0.2) is 18.2 Å². The van der Waals surface area contributed by atoms with Crippen LogP contribution < -0.4 is 10.2 Å². The number of carbonyl (C=O) groups excluding carboxylic acids is 3. The van der Waals surface area contributed by atoms with E-state index in [0.717, 1.165) is 32.1 Å². The molecule has 1 saturated carbocycles.